The maximum atomic E-state index is 14.6. The highest BCUT2D eigenvalue weighted by Gasteiger charge is 2.28. The van der Waals surface area contributed by atoms with Crippen molar-refractivity contribution < 1.29 is 17.9 Å². The molecule has 0 saturated heterocycles. The smallest absolute Gasteiger partial charge is 0.266 e. The van der Waals surface area contributed by atoms with Gasteiger partial charge in [0.15, 0.2) is 0 Å². The van der Waals surface area contributed by atoms with Crippen LogP contribution in [0.1, 0.15) is 60.7 Å². The van der Waals surface area contributed by atoms with E-state index < -0.39 is 23.8 Å². The summed E-state index contributed by atoms with van der Waals surface area (Å²) in [6.07, 6.45) is -0.601. The molecule has 152 valence electrons. The number of halogens is 3. The number of fused-ring (bicyclic) bond motifs is 1. The Labute approximate surface area is 167 Å². The minimum atomic E-state index is -2.87. The predicted molar refractivity (Wildman–Crippen MR) is 106 cm³/mol. The monoisotopic (exact) mass is 401 g/mol. The quantitative estimate of drug-likeness (QED) is 0.544. The molecule has 7 heteroatoms. The van der Waals surface area contributed by atoms with Crippen LogP contribution in [0.5, 0.6) is 5.75 Å². The summed E-state index contributed by atoms with van der Waals surface area (Å²) in [4.78, 5) is 9.01. The number of ether oxygens (including phenoxy) is 1. The minimum Gasteiger partial charge on any atom is -0.496 e. The molecule has 4 rings (SSSR count). The fourth-order valence-corrected chi connectivity index (χ4v) is 3.64. The number of aromatic nitrogens is 2. The Kier molecular flexibility index (Phi) is 5.06. The number of nitrogens with zero attached hydrogens (tertiary/aromatic N) is 2. The third kappa shape index (κ3) is 3.73. The van der Waals surface area contributed by atoms with E-state index in [0.29, 0.717) is 17.6 Å². The fraction of sp³-hybridized carbons (Fsp3) is 0.364. The fourth-order valence-electron chi connectivity index (χ4n) is 3.64. The lowest BCUT2D eigenvalue weighted by atomic mass is 10.0. The molecule has 3 aromatic rings. The first-order valence-electron chi connectivity index (χ1n) is 9.58. The van der Waals surface area contributed by atoms with E-state index in [9.17, 15) is 13.2 Å². The zero-order chi connectivity index (χ0) is 20.7. The van der Waals surface area contributed by atoms with Crippen molar-refractivity contribution in [3.05, 3.63) is 58.7 Å². The molecule has 0 unspecified atom stereocenters. The molecular weight excluding hydrogens is 379 g/mol. The SMILES string of the molecule is COc1cc2c(N[C@H](C)c3cccc(C(F)F)c3F)nc(C)nc2cc1C1CC1. The third-order valence-electron chi connectivity index (χ3n) is 5.29. The summed E-state index contributed by atoms with van der Waals surface area (Å²) in [5.41, 5.74) is 1.47. The number of anilines is 1. The topological polar surface area (TPSA) is 47.0 Å². The highest BCUT2D eigenvalue weighted by molar-refractivity contribution is 5.91. The molecule has 1 atom stereocenters. The molecule has 1 heterocycles. The van der Waals surface area contributed by atoms with Crippen LogP contribution in [0.25, 0.3) is 10.9 Å². The molecule has 0 amide bonds. The van der Waals surface area contributed by atoms with Crippen LogP contribution in [-0.2, 0) is 0 Å². The van der Waals surface area contributed by atoms with Gasteiger partial charge in [0, 0.05) is 10.9 Å². The van der Waals surface area contributed by atoms with E-state index in [-0.39, 0.29) is 5.56 Å². The van der Waals surface area contributed by atoms with Gasteiger partial charge in [-0.2, -0.15) is 0 Å². The van der Waals surface area contributed by atoms with Gasteiger partial charge in [0.1, 0.15) is 23.2 Å². The Morgan fingerprint density at radius 2 is 1.86 bits per heavy atom. The van der Waals surface area contributed by atoms with Crippen LogP contribution in [0.15, 0.2) is 30.3 Å². The summed E-state index contributed by atoms with van der Waals surface area (Å²) < 4.78 is 46.2. The lowest BCUT2D eigenvalue weighted by Crippen LogP contribution is -2.12. The maximum Gasteiger partial charge on any atom is 0.266 e. The second-order valence-electron chi connectivity index (χ2n) is 7.42. The van der Waals surface area contributed by atoms with Gasteiger partial charge >= 0.3 is 0 Å². The largest absolute Gasteiger partial charge is 0.496 e. The van der Waals surface area contributed by atoms with Gasteiger partial charge in [-0.15, -0.1) is 0 Å². The minimum absolute atomic E-state index is 0.161. The van der Waals surface area contributed by atoms with Crippen molar-refractivity contribution in [2.24, 2.45) is 0 Å². The number of hydrogen-bond acceptors (Lipinski definition) is 4. The first kappa shape index (κ1) is 19.5. The van der Waals surface area contributed by atoms with Gasteiger partial charge in [-0.05, 0) is 50.3 Å². The Bertz CT molecular complexity index is 1070. The van der Waals surface area contributed by atoms with Crippen molar-refractivity contribution in [2.75, 3.05) is 12.4 Å². The first-order chi connectivity index (χ1) is 13.9. The van der Waals surface area contributed by atoms with Gasteiger partial charge in [0.05, 0.1) is 24.2 Å². The van der Waals surface area contributed by atoms with Crippen LogP contribution in [0, 0.1) is 12.7 Å². The van der Waals surface area contributed by atoms with Gasteiger partial charge in [-0.25, -0.2) is 23.1 Å². The van der Waals surface area contributed by atoms with Gasteiger partial charge in [0.2, 0.25) is 0 Å². The number of benzene rings is 2. The normalized spacial score (nSPS) is 15.0. The van der Waals surface area contributed by atoms with E-state index in [1.807, 2.05) is 12.1 Å². The first-order valence-corrected chi connectivity index (χ1v) is 9.58. The molecule has 1 aliphatic carbocycles. The summed E-state index contributed by atoms with van der Waals surface area (Å²) >= 11 is 0. The summed E-state index contributed by atoms with van der Waals surface area (Å²) in [5, 5.41) is 3.92. The van der Waals surface area contributed by atoms with E-state index in [4.69, 9.17) is 4.74 Å². The number of methoxy groups -OCH3 is 1. The summed E-state index contributed by atoms with van der Waals surface area (Å²) in [7, 11) is 1.63. The van der Waals surface area contributed by atoms with Crippen LogP contribution < -0.4 is 10.1 Å². The molecule has 1 saturated carbocycles. The lowest BCUT2D eigenvalue weighted by Gasteiger charge is -2.19. The van der Waals surface area contributed by atoms with E-state index in [1.54, 1.807) is 21.0 Å². The van der Waals surface area contributed by atoms with Crippen molar-refractivity contribution in [3.8, 4) is 5.75 Å². The van der Waals surface area contributed by atoms with Crippen LogP contribution in [-0.4, -0.2) is 17.1 Å². The van der Waals surface area contributed by atoms with Crippen LogP contribution >= 0.6 is 0 Å². The Balaban J connectivity index is 1.75. The number of alkyl halides is 2. The lowest BCUT2D eigenvalue weighted by molar-refractivity contribution is 0.146. The van der Waals surface area contributed by atoms with Gasteiger partial charge in [-0.1, -0.05) is 18.2 Å². The van der Waals surface area contributed by atoms with E-state index in [2.05, 4.69) is 15.3 Å². The Morgan fingerprint density at radius 1 is 1.14 bits per heavy atom. The zero-order valence-corrected chi connectivity index (χ0v) is 16.5. The summed E-state index contributed by atoms with van der Waals surface area (Å²) in [5.74, 6) is 1.45. The van der Waals surface area contributed by atoms with Crippen molar-refractivity contribution >= 4 is 16.7 Å². The molecule has 1 fully saturated rings. The second-order valence-corrected chi connectivity index (χ2v) is 7.42. The zero-order valence-electron chi connectivity index (χ0n) is 16.5. The molecular formula is C22H22F3N3O. The Morgan fingerprint density at radius 3 is 2.52 bits per heavy atom. The number of aryl methyl sites for hydroxylation is 1. The van der Waals surface area contributed by atoms with Crippen molar-refractivity contribution in [3.63, 3.8) is 0 Å². The van der Waals surface area contributed by atoms with Crippen LogP contribution in [0.4, 0.5) is 19.0 Å². The van der Waals surface area contributed by atoms with Crippen molar-refractivity contribution in [1.82, 2.24) is 9.97 Å². The average molecular weight is 401 g/mol. The highest BCUT2D eigenvalue weighted by atomic mass is 19.3. The highest BCUT2D eigenvalue weighted by Crippen LogP contribution is 2.46. The van der Waals surface area contributed by atoms with Gasteiger partial charge in [-0.3, -0.25) is 0 Å². The average Bonchev–Trinajstić information content (AvgIpc) is 3.52. The molecule has 0 aliphatic heterocycles. The molecule has 0 radical (unpaired) electrons. The summed E-state index contributed by atoms with van der Waals surface area (Å²) in [6, 6.07) is 7.38. The van der Waals surface area contributed by atoms with E-state index in [1.165, 1.54) is 12.1 Å². The molecule has 1 N–H and O–H groups in total. The van der Waals surface area contributed by atoms with Gasteiger partial charge < -0.3 is 10.1 Å². The maximum absolute atomic E-state index is 14.6. The molecule has 0 bridgehead atoms. The van der Waals surface area contributed by atoms with Gasteiger partial charge in [0.25, 0.3) is 6.43 Å². The van der Waals surface area contributed by atoms with Crippen LogP contribution in [0.3, 0.4) is 0 Å². The van der Waals surface area contributed by atoms with E-state index >= 15 is 0 Å². The number of hydrogen-bond donors (Lipinski definition) is 1. The summed E-state index contributed by atoms with van der Waals surface area (Å²) in [6.45, 7) is 3.50. The number of nitrogens with one attached hydrogen (secondary N) is 1. The van der Waals surface area contributed by atoms with Crippen LogP contribution in [0.2, 0.25) is 0 Å². The van der Waals surface area contributed by atoms with Crippen molar-refractivity contribution in [2.45, 2.75) is 45.1 Å². The molecule has 1 aliphatic rings. The molecule has 0 spiro atoms. The Hall–Kier alpha value is -2.83. The second kappa shape index (κ2) is 7.54. The third-order valence-corrected chi connectivity index (χ3v) is 5.29. The molecule has 1 aromatic heterocycles. The number of rotatable bonds is 6. The van der Waals surface area contributed by atoms with Crippen molar-refractivity contribution in [1.29, 1.82) is 0 Å². The molecule has 29 heavy (non-hydrogen) atoms. The van der Waals surface area contributed by atoms with E-state index in [0.717, 1.165) is 41.1 Å². The predicted octanol–water partition coefficient (Wildman–Crippen LogP) is 6.07. The standard InChI is InChI=1S/C22H22F3N3O/c1-11(14-5-4-6-15(20(14)23)21(24)25)26-22-17-10-19(29-3)16(13-7-8-13)9-18(17)27-12(2)28-22/h4-6,9-11,13,21H,7-8H2,1-3H3,(H,26,27,28)/t11-/m1/s1. The molecule has 2 aromatic carbocycles. The molecule has 4 nitrogen and oxygen atoms in total.